The number of fused-ring (bicyclic) bond motifs is 1. The SMILES string of the molecule is COc1ccc(N=Nc2cc3c(cc2C(=O)O)N(C)CCCC3)nc1. The maximum absolute atomic E-state index is 11.6. The number of carbonyl (C=O) groups is 1. The summed E-state index contributed by atoms with van der Waals surface area (Å²) in [5.41, 5.74) is 2.54. The lowest BCUT2D eigenvalue weighted by Crippen LogP contribution is -2.18. The van der Waals surface area contributed by atoms with Crippen LogP contribution in [0.1, 0.15) is 28.8 Å². The number of ether oxygens (including phenoxy) is 1. The number of benzene rings is 1. The van der Waals surface area contributed by atoms with E-state index in [1.165, 1.54) is 0 Å². The molecule has 0 aliphatic carbocycles. The van der Waals surface area contributed by atoms with Gasteiger partial charge in [-0.1, -0.05) is 0 Å². The monoisotopic (exact) mass is 340 g/mol. The molecular weight excluding hydrogens is 320 g/mol. The first-order valence-corrected chi connectivity index (χ1v) is 8.11. The Morgan fingerprint density at radius 3 is 2.80 bits per heavy atom. The quantitative estimate of drug-likeness (QED) is 0.851. The topological polar surface area (TPSA) is 87.4 Å². The highest BCUT2D eigenvalue weighted by molar-refractivity contribution is 5.95. The summed E-state index contributed by atoms with van der Waals surface area (Å²) in [5, 5.41) is 17.7. The Morgan fingerprint density at radius 1 is 1.28 bits per heavy atom. The standard InChI is InChI=1S/C18H20N4O3/c1-22-8-4-3-5-12-9-15(14(18(23)24)10-16(12)22)20-21-17-7-6-13(25-2)11-19-17/h6-7,9-11H,3-5,8H2,1-2H3,(H,23,24). The van der Waals surface area contributed by atoms with Crippen LogP contribution in [0.3, 0.4) is 0 Å². The molecule has 0 amide bonds. The van der Waals surface area contributed by atoms with Crippen LogP contribution in [0.4, 0.5) is 17.2 Å². The number of pyridine rings is 1. The Kier molecular flexibility index (Phi) is 4.92. The van der Waals surface area contributed by atoms with Crippen LogP contribution in [0.15, 0.2) is 40.7 Å². The largest absolute Gasteiger partial charge is 0.495 e. The van der Waals surface area contributed by atoms with E-state index in [1.54, 1.807) is 31.5 Å². The molecule has 0 bridgehead atoms. The molecule has 0 spiro atoms. The molecule has 0 fully saturated rings. The van der Waals surface area contributed by atoms with Crippen molar-refractivity contribution in [1.29, 1.82) is 0 Å². The number of hydrogen-bond acceptors (Lipinski definition) is 6. The van der Waals surface area contributed by atoms with Gasteiger partial charge in [0.05, 0.1) is 18.9 Å². The van der Waals surface area contributed by atoms with Gasteiger partial charge in [-0.3, -0.25) is 0 Å². The molecule has 1 aliphatic heterocycles. The number of carboxylic acid groups (broad SMARTS) is 1. The third kappa shape index (κ3) is 3.76. The van der Waals surface area contributed by atoms with Crippen molar-refractivity contribution in [1.82, 2.24) is 4.98 Å². The van der Waals surface area contributed by atoms with Gasteiger partial charge in [-0.05, 0) is 49.1 Å². The minimum atomic E-state index is -1.02. The summed E-state index contributed by atoms with van der Waals surface area (Å²) in [6.45, 7) is 0.919. The highest BCUT2D eigenvalue weighted by Gasteiger charge is 2.19. The Hall–Kier alpha value is -2.96. The van der Waals surface area contributed by atoms with E-state index in [0.717, 1.165) is 37.1 Å². The van der Waals surface area contributed by atoms with Crippen molar-refractivity contribution in [3.05, 3.63) is 41.6 Å². The van der Waals surface area contributed by atoms with Crippen molar-refractivity contribution in [3.63, 3.8) is 0 Å². The van der Waals surface area contributed by atoms with Crippen LogP contribution in [0.25, 0.3) is 0 Å². The van der Waals surface area contributed by atoms with Crippen LogP contribution < -0.4 is 9.64 Å². The first-order valence-electron chi connectivity index (χ1n) is 8.11. The van der Waals surface area contributed by atoms with E-state index >= 15 is 0 Å². The maximum atomic E-state index is 11.6. The third-order valence-electron chi connectivity index (χ3n) is 4.24. The lowest BCUT2D eigenvalue weighted by atomic mass is 10.0. The zero-order chi connectivity index (χ0) is 17.8. The first kappa shape index (κ1) is 16.9. The summed E-state index contributed by atoms with van der Waals surface area (Å²) in [5.74, 6) is -0.000435. The summed E-state index contributed by atoms with van der Waals surface area (Å²) in [6, 6.07) is 6.91. The number of nitrogens with zero attached hydrogens (tertiary/aromatic N) is 4. The molecule has 0 unspecified atom stereocenters. The van der Waals surface area contributed by atoms with Crippen LogP contribution in [0.2, 0.25) is 0 Å². The van der Waals surface area contributed by atoms with Crippen molar-refractivity contribution in [2.45, 2.75) is 19.3 Å². The van der Waals surface area contributed by atoms with E-state index in [9.17, 15) is 9.90 Å². The fourth-order valence-corrected chi connectivity index (χ4v) is 2.87. The van der Waals surface area contributed by atoms with Crippen molar-refractivity contribution in [2.24, 2.45) is 10.2 Å². The molecule has 2 heterocycles. The molecule has 2 aromatic rings. The summed E-state index contributed by atoms with van der Waals surface area (Å²) in [4.78, 5) is 17.9. The number of carboxylic acids is 1. The zero-order valence-corrected chi connectivity index (χ0v) is 14.3. The van der Waals surface area contributed by atoms with Crippen LogP contribution in [-0.2, 0) is 6.42 Å². The molecule has 130 valence electrons. The van der Waals surface area contributed by atoms with Crippen molar-refractivity contribution >= 4 is 23.2 Å². The molecule has 0 atom stereocenters. The molecule has 0 saturated heterocycles. The summed E-state index contributed by atoms with van der Waals surface area (Å²) in [6.07, 6.45) is 4.60. The van der Waals surface area contributed by atoms with Crippen molar-refractivity contribution < 1.29 is 14.6 Å². The molecule has 1 N–H and O–H groups in total. The van der Waals surface area contributed by atoms with Crippen molar-refractivity contribution in [3.8, 4) is 5.75 Å². The van der Waals surface area contributed by atoms with Crippen molar-refractivity contribution in [2.75, 3.05) is 25.6 Å². The minimum Gasteiger partial charge on any atom is -0.495 e. The van der Waals surface area contributed by atoms with Gasteiger partial charge < -0.3 is 14.7 Å². The van der Waals surface area contributed by atoms with E-state index in [4.69, 9.17) is 4.74 Å². The van der Waals surface area contributed by atoms with Crippen LogP contribution >= 0.6 is 0 Å². The van der Waals surface area contributed by atoms with Crippen LogP contribution in [-0.4, -0.2) is 36.8 Å². The fraction of sp³-hybridized carbons (Fsp3) is 0.333. The zero-order valence-electron chi connectivity index (χ0n) is 14.3. The van der Waals surface area contributed by atoms with E-state index in [2.05, 4.69) is 20.1 Å². The second kappa shape index (κ2) is 7.29. The normalized spacial score (nSPS) is 14.2. The highest BCUT2D eigenvalue weighted by Crippen LogP contribution is 2.33. The van der Waals surface area contributed by atoms with E-state index in [0.29, 0.717) is 17.3 Å². The van der Waals surface area contributed by atoms with E-state index in [-0.39, 0.29) is 5.56 Å². The molecule has 7 heteroatoms. The lowest BCUT2D eigenvalue weighted by Gasteiger charge is -2.20. The van der Waals surface area contributed by atoms with E-state index in [1.807, 2.05) is 13.1 Å². The lowest BCUT2D eigenvalue weighted by molar-refractivity contribution is 0.0698. The molecular formula is C18H20N4O3. The van der Waals surface area contributed by atoms with Gasteiger partial charge in [-0.2, -0.15) is 0 Å². The smallest absolute Gasteiger partial charge is 0.338 e. The van der Waals surface area contributed by atoms with Gasteiger partial charge in [0.25, 0.3) is 0 Å². The molecule has 3 rings (SSSR count). The molecule has 1 aromatic heterocycles. The fourth-order valence-electron chi connectivity index (χ4n) is 2.87. The van der Waals surface area contributed by atoms with Crippen LogP contribution in [0, 0.1) is 0 Å². The molecule has 1 aliphatic rings. The molecule has 0 saturated carbocycles. The third-order valence-corrected chi connectivity index (χ3v) is 4.24. The second-order valence-corrected chi connectivity index (χ2v) is 5.94. The minimum absolute atomic E-state index is 0.143. The number of hydrogen-bond donors (Lipinski definition) is 1. The highest BCUT2D eigenvalue weighted by atomic mass is 16.5. The Labute approximate surface area is 146 Å². The summed E-state index contributed by atoms with van der Waals surface area (Å²) < 4.78 is 5.05. The number of azo groups is 1. The number of rotatable bonds is 4. The Morgan fingerprint density at radius 2 is 2.12 bits per heavy atom. The van der Waals surface area contributed by atoms with Gasteiger partial charge in [-0.25, -0.2) is 9.78 Å². The Bertz CT molecular complexity index is 803. The van der Waals surface area contributed by atoms with Gasteiger partial charge in [0.1, 0.15) is 11.4 Å². The number of aryl methyl sites for hydroxylation is 1. The average molecular weight is 340 g/mol. The molecule has 25 heavy (non-hydrogen) atoms. The van der Waals surface area contributed by atoms with Gasteiger partial charge in [0, 0.05) is 19.3 Å². The average Bonchev–Trinajstić information content (AvgIpc) is 2.80. The molecule has 1 aromatic carbocycles. The van der Waals surface area contributed by atoms with Gasteiger partial charge in [0.15, 0.2) is 5.82 Å². The summed E-state index contributed by atoms with van der Waals surface area (Å²) in [7, 11) is 3.54. The predicted molar refractivity (Wildman–Crippen MR) is 94.6 cm³/mol. The first-order chi connectivity index (χ1) is 12.1. The van der Waals surface area contributed by atoms with Gasteiger partial charge in [-0.15, -0.1) is 10.2 Å². The predicted octanol–water partition coefficient (Wildman–Crippen LogP) is 3.98. The number of aromatic carboxylic acids is 1. The number of methoxy groups -OCH3 is 1. The Balaban J connectivity index is 1.97. The maximum Gasteiger partial charge on any atom is 0.338 e. The van der Waals surface area contributed by atoms with Gasteiger partial charge >= 0.3 is 5.97 Å². The number of aromatic nitrogens is 1. The van der Waals surface area contributed by atoms with Gasteiger partial charge in [0.2, 0.25) is 0 Å². The summed E-state index contributed by atoms with van der Waals surface area (Å²) >= 11 is 0. The van der Waals surface area contributed by atoms with E-state index < -0.39 is 5.97 Å². The number of anilines is 1. The second-order valence-electron chi connectivity index (χ2n) is 5.94. The molecule has 7 nitrogen and oxygen atoms in total. The molecule has 0 radical (unpaired) electrons. The van der Waals surface area contributed by atoms with Crippen LogP contribution in [0.5, 0.6) is 5.75 Å².